The van der Waals surface area contributed by atoms with Crippen LogP contribution in [0.2, 0.25) is 10.0 Å². The van der Waals surface area contributed by atoms with E-state index in [2.05, 4.69) is 0 Å². The van der Waals surface area contributed by atoms with Gasteiger partial charge in [0.25, 0.3) is 0 Å². The lowest BCUT2D eigenvalue weighted by atomic mass is 10.0. The van der Waals surface area contributed by atoms with Crippen LogP contribution < -0.4 is 4.90 Å². The smallest absolute Gasteiger partial charge is 0.414 e. The van der Waals surface area contributed by atoms with Crippen LogP contribution in [0.25, 0.3) is 0 Å². The zero-order valence-corrected chi connectivity index (χ0v) is 18.1. The third-order valence-corrected chi connectivity index (χ3v) is 7.99. The summed E-state index contributed by atoms with van der Waals surface area (Å²) in [6.07, 6.45) is 0.651. The predicted octanol–water partition coefficient (Wildman–Crippen LogP) is 4.61. The summed E-state index contributed by atoms with van der Waals surface area (Å²) in [4.78, 5) is 14.2. The first-order valence-corrected chi connectivity index (χ1v) is 11.5. The van der Waals surface area contributed by atoms with E-state index in [0.717, 1.165) is 16.8 Å². The van der Waals surface area contributed by atoms with Crippen LogP contribution in [0.3, 0.4) is 0 Å². The van der Waals surface area contributed by atoms with Gasteiger partial charge in [0.1, 0.15) is 6.61 Å². The van der Waals surface area contributed by atoms with Crippen LogP contribution in [-0.2, 0) is 21.4 Å². The van der Waals surface area contributed by atoms with Crippen LogP contribution in [0.5, 0.6) is 0 Å². The molecule has 9 heteroatoms. The Bertz CT molecular complexity index is 1070. The molecule has 0 N–H and O–H groups in total. The molecule has 154 valence electrons. The summed E-state index contributed by atoms with van der Waals surface area (Å²) >= 11 is 11.9. The molecule has 1 saturated heterocycles. The predicted molar refractivity (Wildman–Crippen MR) is 112 cm³/mol. The molecule has 29 heavy (non-hydrogen) atoms. The number of cyclic esters (lactones) is 1. The maximum atomic E-state index is 13.0. The van der Waals surface area contributed by atoms with Crippen LogP contribution in [0.4, 0.5) is 10.5 Å². The molecule has 0 radical (unpaired) electrons. The van der Waals surface area contributed by atoms with E-state index in [0.29, 0.717) is 31.0 Å². The Morgan fingerprint density at radius 1 is 1.03 bits per heavy atom. The zero-order valence-electron chi connectivity index (χ0n) is 15.8. The Balaban J connectivity index is 1.52. The summed E-state index contributed by atoms with van der Waals surface area (Å²) in [5.41, 5.74) is 2.91. The largest absolute Gasteiger partial charge is 0.444 e. The van der Waals surface area contributed by atoms with E-state index >= 15 is 0 Å². The number of nitrogens with zero attached hydrogens (tertiary/aromatic N) is 2. The van der Waals surface area contributed by atoms with E-state index < -0.39 is 10.0 Å². The number of anilines is 1. The summed E-state index contributed by atoms with van der Waals surface area (Å²) in [6, 6.07) is 10.1. The molecule has 0 bridgehead atoms. The highest BCUT2D eigenvalue weighted by atomic mass is 35.5. The fourth-order valence-corrected chi connectivity index (χ4v) is 5.70. The number of halogens is 2. The van der Waals surface area contributed by atoms with Crippen LogP contribution in [-0.4, -0.2) is 37.9 Å². The van der Waals surface area contributed by atoms with Gasteiger partial charge in [-0.15, -0.1) is 0 Å². The summed E-state index contributed by atoms with van der Waals surface area (Å²) < 4.78 is 32.7. The minimum Gasteiger partial charge on any atom is -0.444 e. The van der Waals surface area contributed by atoms with Crippen LogP contribution in [0.1, 0.15) is 24.0 Å². The molecule has 0 saturated carbocycles. The normalized spacial score (nSPS) is 18.4. The zero-order chi connectivity index (χ0) is 20.8. The SMILES string of the molecule is Cc1ccc2c(c1)COC(=O)N2C1CCN(S(=O)(=O)c2ccc(Cl)c(Cl)c2)CC1. The highest BCUT2D eigenvalue weighted by Gasteiger charge is 2.37. The summed E-state index contributed by atoms with van der Waals surface area (Å²) in [5.74, 6) is 0. The van der Waals surface area contributed by atoms with E-state index in [-0.39, 0.29) is 28.7 Å². The molecule has 1 fully saturated rings. The first-order chi connectivity index (χ1) is 13.8. The molecule has 2 aliphatic rings. The number of piperidine rings is 1. The standard InChI is InChI=1S/C20H20Cl2N2O4S/c1-13-2-5-19-14(10-13)12-28-20(25)24(19)15-6-8-23(9-7-15)29(26,27)16-3-4-17(21)18(22)11-16/h2-5,10-11,15H,6-9,12H2,1H3. The lowest BCUT2D eigenvalue weighted by molar-refractivity contribution is 0.135. The minimum atomic E-state index is -3.68. The van der Waals surface area contributed by atoms with Gasteiger partial charge >= 0.3 is 6.09 Å². The first kappa shape index (κ1) is 20.5. The van der Waals surface area contributed by atoms with E-state index in [1.165, 1.54) is 22.5 Å². The van der Waals surface area contributed by atoms with Gasteiger partial charge in [-0.05, 0) is 44.0 Å². The van der Waals surface area contributed by atoms with E-state index in [9.17, 15) is 13.2 Å². The van der Waals surface area contributed by atoms with Gasteiger partial charge in [-0.25, -0.2) is 13.2 Å². The Morgan fingerprint density at radius 2 is 1.76 bits per heavy atom. The van der Waals surface area contributed by atoms with Crippen molar-refractivity contribution in [3.63, 3.8) is 0 Å². The van der Waals surface area contributed by atoms with Crippen molar-refractivity contribution in [2.75, 3.05) is 18.0 Å². The van der Waals surface area contributed by atoms with Gasteiger partial charge < -0.3 is 4.74 Å². The summed E-state index contributed by atoms with van der Waals surface area (Å²) in [5, 5.41) is 0.507. The number of ether oxygens (including phenoxy) is 1. The molecular weight excluding hydrogens is 435 g/mol. The topological polar surface area (TPSA) is 66.9 Å². The van der Waals surface area contributed by atoms with Crippen molar-refractivity contribution in [3.8, 4) is 0 Å². The number of sulfonamides is 1. The Labute approximate surface area is 180 Å². The van der Waals surface area contributed by atoms with Crippen LogP contribution >= 0.6 is 23.2 Å². The van der Waals surface area contributed by atoms with Crippen molar-refractivity contribution in [3.05, 3.63) is 57.6 Å². The molecule has 0 spiro atoms. The molecule has 0 aromatic heterocycles. The maximum Gasteiger partial charge on any atom is 0.414 e. The minimum absolute atomic E-state index is 0.114. The number of hydrogen-bond acceptors (Lipinski definition) is 4. The van der Waals surface area contributed by atoms with E-state index in [4.69, 9.17) is 27.9 Å². The second-order valence-corrected chi connectivity index (χ2v) is 10.0. The number of amides is 1. The monoisotopic (exact) mass is 454 g/mol. The number of fused-ring (bicyclic) bond motifs is 1. The van der Waals surface area contributed by atoms with Crippen molar-refractivity contribution >= 4 is 45.0 Å². The molecule has 2 aromatic carbocycles. The van der Waals surface area contributed by atoms with Crippen molar-refractivity contribution in [1.82, 2.24) is 4.31 Å². The lowest BCUT2D eigenvalue weighted by Crippen LogP contribution is -2.50. The number of benzene rings is 2. The van der Waals surface area contributed by atoms with Crippen LogP contribution in [0.15, 0.2) is 41.3 Å². The third-order valence-electron chi connectivity index (χ3n) is 5.36. The second kappa shape index (κ2) is 7.80. The van der Waals surface area contributed by atoms with Crippen molar-refractivity contribution in [2.45, 2.75) is 37.3 Å². The first-order valence-electron chi connectivity index (χ1n) is 9.28. The molecular formula is C20H20Cl2N2O4S. The van der Waals surface area contributed by atoms with Gasteiger partial charge in [0.05, 0.1) is 20.6 Å². The van der Waals surface area contributed by atoms with Gasteiger partial charge in [0, 0.05) is 24.7 Å². The summed E-state index contributed by atoms with van der Waals surface area (Å²) in [7, 11) is -3.68. The average molecular weight is 455 g/mol. The Hall–Kier alpha value is -1.80. The Morgan fingerprint density at radius 3 is 2.45 bits per heavy atom. The molecule has 1 amide bonds. The fourth-order valence-electron chi connectivity index (χ4n) is 3.85. The molecule has 0 atom stereocenters. The fraction of sp³-hybridized carbons (Fsp3) is 0.350. The number of hydrogen-bond donors (Lipinski definition) is 0. The van der Waals surface area contributed by atoms with Crippen LogP contribution in [0, 0.1) is 6.92 Å². The molecule has 2 aliphatic heterocycles. The summed E-state index contributed by atoms with van der Waals surface area (Å²) in [6.45, 7) is 2.86. The van der Waals surface area contributed by atoms with Gasteiger partial charge in [-0.1, -0.05) is 40.9 Å². The number of rotatable bonds is 3. The number of aryl methyl sites for hydroxylation is 1. The van der Waals surface area contributed by atoms with Crippen molar-refractivity contribution in [2.24, 2.45) is 0 Å². The van der Waals surface area contributed by atoms with E-state index in [1.807, 2.05) is 25.1 Å². The molecule has 0 unspecified atom stereocenters. The molecule has 4 rings (SSSR count). The molecule has 2 aromatic rings. The second-order valence-electron chi connectivity index (χ2n) is 7.27. The number of carbonyl (C=O) groups is 1. The van der Waals surface area contributed by atoms with Crippen molar-refractivity contribution in [1.29, 1.82) is 0 Å². The highest BCUT2D eigenvalue weighted by molar-refractivity contribution is 7.89. The van der Waals surface area contributed by atoms with Gasteiger partial charge in [-0.3, -0.25) is 4.90 Å². The molecule has 0 aliphatic carbocycles. The van der Waals surface area contributed by atoms with E-state index in [1.54, 1.807) is 4.90 Å². The Kier molecular flexibility index (Phi) is 5.50. The number of carbonyl (C=O) groups excluding carboxylic acids is 1. The highest BCUT2D eigenvalue weighted by Crippen LogP contribution is 2.34. The van der Waals surface area contributed by atoms with Gasteiger partial charge in [-0.2, -0.15) is 4.31 Å². The average Bonchev–Trinajstić information content (AvgIpc) is 2.70. The molecule has 2 heterocycles. The van der Waals surface area contributed by atoms with Gasteiger partial charge in [0.2, 0.25) is 10.0 Å². The maximum absolute atomic E-state index is 13.0. The van der Waals surface area contributed by atoms with Gasteiger partial charge in [0.15, 0.2) is 0 Å². The third kappa shape index (κ3) is 3.84. The quantitative estimate of drug-likeness (QED) is 0.678. The lowest BCUT2D eigenvalue weighted by Gasteiger charge is -2.39. The van der Waals surface area contributed by atoms with Crippen molar-refractivity contribution < 1.29 is 17.9 Å². The molecule has 6 nitrogen and oxygen atoms in total.